The molecule has 0 N–H and O–H groups in total. The van der Waals surface area contributed by atoms with Gasteiger partial charge in [-0.3, -0.25) is 0 Å². The van der Waals surface area contributed by atoms with Crippen LogP contribution >= 0.6 is 0 Å². The number of para-hydroxylation sites is 1. The van der Waals surface area contributed by atoms with E-state index in [1.807, 2.05) is 36.4 Å². The number of hydrogen-bond donors (Lipinski definition) is 0. The topological polar surface area (TPSA) is 38.7 Å². The highest BCUT2D eigenvalue weighted by molar-refractivity contribution is 6.17. The van der Waals surface area contributed by atoms with E-state index in [1.54, 1.807) is 0 Å². The first-order chi connectivity index (χ1) is 21.8. The molecule has 0 saturated heterocycles. The normalized spacial score (nSPS) is 11.2. The monoisotopic (exact) mass is 561 g/mol. The van der Waals surface area contributed by atoms with Gasteiger partial charge in [0.1, 0.15) is 0 Å². The summed E-state index contributed by atoms with van der Waals surface area (Å²) >= 11 is 0. The number of benzene rings is 6. The molecular weight excluding hydrogens is 534 g/mol. The van der Waals surface area contributed by atoms with Gasteiger partial charge in [0.25, 0.3) is 0 Å². The maximum absolute atomic E-state index is 5.19. The second-order valence-electron chi connectivity index (χ2n) is 10.8. The first-order valence-electron chi connectivity index (χ1n) is 14.8. The molecule has 0 spiro atoms. The quantitative estimate of drug-likeness (QED) is 0.196. The van der Waals surface area contributed by atoms with E-state index in [4.69, 9.17) is 15.0 Å². The number of aromatic nitrogens is 3. The number of nitrogens with zero attached hydrogens (tertiary/aromatic N) is 3. The molecule has 0 atom stereocenters. The first kappa shape index (κ1) is 25.8. The highest BCUT2D eigenvalue weighted by Crippen LogP contribution is 2.39. The van der Waals surface area contributed by atoms with Crippen LogP contribution in [0.25, 0.3) is 78.0 Å². The molecule has 3 heteroatoms. The van der Waals surface area contributed by atoms with Crippen LogP contribution < -0.4 is 0 Å². The molecule has 0 fully saturated rings. The van der Waals surface area contributed by atoms with E-state index < -0.39 is 0 Å². The van der Waals surface area contributed by atoms with Crippen LogP contribution in [-0.2, 0) is 0 Å². The average Bonchev–Trinajstić information content (AvgIpc) is 3.12. The molecule has 2 heterocycles. The lowest BCUT2D eigenvalue weighted by molar-refractivity contribution is 1.18. The van der Waals surface area contributed by atoms with Crippen molar-refractivity contribution in [2.24, 2.45) is 0 Å². The van der Waals surface area contributed by atoms with Crippen LogP contribution in [0.3, 0.4) is 0 Å². The Labute approximate surface area is 256 Å². The van der Waals surface area contributed by atoms with E-state index in [2.05, 4.69) is 127 Å². The third-order valence-corrected chi connectivity index (χ3v) is 8.09. The Bertz CT molecular complexity index is 2190. The van der Waals surface area contributed by atoms with Gasteiger partial charge in [-0.1, -0.05) is 152 Å². The van der Waals surface area contributed by atoms with E-state index in [0.29, 0.717) is 5.82 Å². The van der Waals surface area contributed by atoms with Crippen molar-refractivity contribution in [1.29, 1.82) is 0 Å². The minimum Gasteiger partial charge on any atom is -0.247 e. The fraction of sp³-hybridized carbons (Fsp3) is 0. The Kier molecular flexibility index (Phi) is 6.47. The summed E-state index contributed by atoms with van der Waals surface area (Å²) in [5.41, 5.74) is 10.3. The predicted molar refractivity (Wildman–Crippen MR) is 182 cm³/mol. The summed E-state index contributed by atoms with van der Waals surface area (Å²) in [6, 6.07) is 56.7. The van der Waals surface area contributed by atoms with Crippen molar-refractivity contribution in [3.8, 4) is 56.3 Å². The van der Waals surface area contributed by atoms with Crippen LogP contribution in [0.4, 0.5) is 0 Å². The van der Waals surface area contributed by atoms with Gasteiger partial charge in [0.05, 0.1) is 22.6 Å². The molecule has 0 aliphatic heterocycles. The summed E-state index contributed by atoms with van der Waals surface area (Å²) in [7, 11) is 0. The van der Waals surface area contributed by atoms with E-state index in [1.165, 1.54) is 16.5 Å². The Morgan fingerprint density at radius 1 is 0.341 bits per heavy atom. The molecule has 8 aromatic rings. The molecule has 206 valence electrons. The minimum atomic E-state index is 0.694. The van der Waals surface area contributed by atoms with Crippen molar-refractivity contribution in [2.45, 2.75) is 0 Å². The molecule has 44 heavy (non-hydrogen) atoms. The van der Waals surface area contributed by atoms with Gasteiger partial charge >= 0.3 is 0 Å². The maximum Gasteiger partial charge on any atom is 0.160 e. The first-order valence-corrected chi connectivity index (χ1v) is 14.8. The van der Waals surface area contributed by atoms with Crippen LogP contribution in [0.2, 0.25) is 0 Å². The van der Waals surface area contributed by atoms with Gasteiger partial charge in [-0.05, 0) is 23.3 Å². The molecule has 0 aliphatic rings. The van der Waals surface area contributed by atoms with Crippen molar-refractivity contribution in [2.75, 3.05) is 0 Å². The van der Waals surface area contributed by atoms with E-state index >= 15 is 0 Å². The Hall–Kier alpha value is -5.93. The van der Waals surface area contributed by atoms with Gasteiger partial charge < -0.3 is 0 Å². The van der Waals surface area contributed by atoms with Crippen LogP contribution in [0, 0.1) is 0 Å². The molecule has 6 aromatic carbocycles. The third-order valence-electron chi connectivity index (χ3n) is 8.09. The highest BCUT2D eigenvalue weighted by atomic mass is 14.9. The van der Waals surface area contributed by atoms with Crippen molar-refractivity contribution in [3.05, 3.63) is 164 Å². The smallest absolute Gasteiger partial charge is 0.160 e. The van der Waals surface area contributed by atoms with Crippen molar-refractivity contribution in [3.63, 3.8) is 0 Å². The molecule has 0 saturated carbocycles. The van der Waals surface area contributed by atoms with Gasteiger partial charge in [-0.2, -0.15) is 0 Å². The second kappa shape index (κ2) is 11.0. The number of fused-ring (bicyclic) bond motifs is 3. The Morgan fingerprint density at radius 3 is 1.50 bits per heavy atom. The SMILES string of the molecule is c1ccc(-c2cc(-c3ccccc3)nc(-c3ccc(-c4nc5ccccc5c5c(-c6ccccc6)cccc45)cc3)n2)cc1. The standard InChI is InChI=1S/C41H27N3/c1-4-13-28(14-5-1)33-20-12-21-35-39(33)34-19-10-11-22-36(34)42-40(35)31-23-25-32(26-24-31)41-43-37(29-15-6-2-7-16-29)27-38(44-41)30-17-8-3-9-18-30/h1-27H. The molecule has 0 aliphatic carbocycles. The zero-order chi connectivity index (χ0) is 29.3. The molecule has 3 nitrogen and oxygen atoms in total. The van der Waals surface area contributed by atoms with Gasteiger partial charge in [0.2, 0.25) is 0 Å². The molecule has 0 amide bonds. The van der Waals surface area contributed by atoms with Crippen LogP contribution in [0.15, 0.2) is 164 Å². The van der Waals surface area contributed by atoms with Crippen LogP contribution in [0.1, 0.15) is 0 Å². The second-order valence-corrected chi connectivity index (χ2v) is 10.8. The fourth-order valence-electron chi connectivity index (χ4n) is 5.95. The molecule has 8 rings (SSSR count). The zero-order valence-electron chi connectivity index (χ0n) is 23.9. The summed E-state index contributed by atoms with van der Waals surface area (Å²) in [5, 5.41) is 3.50. The van der Waals surface area contributed by atoms with Gasteiger partial charge in [-0.25, -0.2) is 15.0 Å². The summed E-state index contributed by atoms with van der Waals surface area (Å²) in [5.74, 6) is 0.694. The lowest BCUT2D eigenvalue weighted by Gasteiger charge is -2.14. The maximum atomic E-state index is 5.19. The molecule has 2 aromatic heterocycles. The predicted octanol–water partition coefficient (Wildman–Crippen LogP) is 10.5. The van der Waals surface area contributed by atoms with Crippen molar-refractivity contribution in [1.82, 2.24) is 15.0 Å². The average molecular weight is 562 g/mol. The van der Waals surface area contributed by atoms with E-state index in [-0.39, 0.29) is 0 Å². The number of pyridine rings is 1. The summed E-state index contributed by atoms with van der Waals surface area (Å²) in [6.07, 6.45) is 0. The Morgan fingerprint density at radius 2 is 0.864 bits per heavy atom. The molecular formula is C41H27N3. The molecule has 0 radical (unpaired) electrons. The largest absolute Gasteiger partial charge is 0.247 e. The van der Waals surface area contributed by atoms with Gasteiger partial charge in [0.15, 0.2) is 5.82 Å². The fourth-order valence-corrected chi connectivity index (χ4v) is 5.95. The van der Waals surface area contributed by atoms with E-state index in [0.717, 1.165) is 55.6 Å². The molecule has 0 bridgehead atoms. The van der Waals surface area contributed by atoms with Crippen LogP contribution in [-0.4, -0.2) is 15.0 Å². The van der Waals surface area contributed by atoms with Gasteiger partial charge in [0, 0.05) is 38.4 Å². The summed E-state index contributed by atoms with van der Waals surface area (Å²) < 4.78 is 0. The van der Waals surface area contributed by atoms with E-state index in [9.17, 15) is 0 Å². The van der Waals surface area contributed by atoms with Gasteiger partial charge in [-0.15, -0.1) is 0 Å². The van der Waals surface area contributed by atoms with Crippen molar-refractivity contribution >= 4 is 21.7 Å². The minimum absolute atomic E-state index is 0.694. The summed E-state index contributed by atoms with van der Waals surface area (Å²) in [4.78, 5) is 15.2. The highest BCUT2D eigenvalue weighted by Gasteiger charge is 2.15. The van der Waals surface area contributed by atoms with Crippen LogP contribution in [0.5, 0.6) is 0 Å². The summed E-state index contributed by atoms with van der Waals surface area (Å²) in [6.45, 7) is 0. The zero-order valence-corrected chi connectivity index (χ0v) is 23.9. The molecule has 0 unspecified atom stereocenters. The number of hydrogen-bond acceptors (Lipinski definition) is 3. The lowest BCUT2D eigenvalue weighted by Crippen LogP contribution is -1.96. The number of rotatable bonds is 5. The lowest BCUT2D eigenvalue weighted by atomic mass is 9.93. The Balaban J connectivity index is 1.27. The third kappa shape index (κ3) is 4.71. The van der Waals surface area contributed by atoms with Crippen molar-refractivity contribution < 1.29 is 0 Å².